The molecule has 0 fully saturated rings. The molecule has 0 aliphatic carbocycles. The molecule has 1 aromatic carbocycles. The highest BCUT2D eigenvalue weighted by atomic mass is 19.1. The number of nitrogens with one attached hydrogen (secondary N) is 3. The van der Waals surface area contributed by atoms with Gasteiger partial charge in [0.15, 0.2) is 5.82 Å². The third-order valence-electron chi connectivity index (χ3n) is 4.03. The van der Waals surface area contributed by atoms with Crippen molar-refractivity contribution >= 4 is 23.0 Å². The maximum Gasteiger partial charge on any atom is 0.321 e. The van der Waals surface area contributed by atoms with E-state index in [0.29, 0.717) is 34.9 Å². The molecule has 9 heteroatoms. The van der Waals surface area contributed by atoms with E-state index in [1.807, 2.05) is 19.1 Å². The lowest BCUT2D eigenvalue weighted by Gasteiger charge is -2.06. The number of imidazole rings is 1. The Morgan fingerprint density at radius 3 is 2.68 bits per heavy atom. The Labute approximate surface area is 159 Å². The zero-order chi connectivity index (χ0) is 19.5. The van der Waals surface area contributed by atoms with Gasteiger partial charge in [-0.15, -0.1) is 0 Å². The van der Waals surface area contributed by atoms with Gasteiger partial charge in [-0.25, -0.2) is 24.7 Å². The number of nitrogens with zero attached hydrogens (tertiary/aromatic N) is 4. The number of aromatic nitrogens is 5. The zero-order valence-corrected chi connectivity index (χ0v) is 14.9. The number of H-pyrrole nitrogens is 1. The Morgan fingerprint density at radius 2 is 1.96 bits per heavy atom. The van der Waals surface area contributed by atoms with E-state index in [1.165, 1.54) is 12.3 Å². The van der Waals surface area contributed by atoms with Crippen LogP contribution in [0.15, 0.2) is 48.9 Å². The van der Waals surface area contributed by atoms with Gasteiger partial charge in [0.2, 0.25) is 11.9 Å². The second kappa shape index (κ2) is 7.39. The highest BCUT2D eigenvalue weighted by Gasteiger charge is 2.15. The number of hydrogen-bond acceptors (Lipinski definition) is 5. The molecule has 0 atom stereocenters. The minimum Gasteiger partial charge on any atom is -0.338 e. The minimum absolute atomic E-state index is 0.299. The number of halogens is 1. The molecule has 4 rings (SSSR count). The van der Waals surface area contributed by atoms with Crippen LogP contribution in [0.25, 0.3) is 33.5 Å². The van der Waals surface area contributed by atoms with Gasteiger partial charge in [-0.3, -0.25) is 5.32 Å². The summed E-state index contributed by atoms with van der Waals surface area (Å²) in [5.74, 6) is 0.245. The highest BCUT2D eigenvalue weighted by molar-refractivity contribution is 5.97. The van der Waals surface area contributed by atoms with Crippen molar-refractivity contribution in [3.05, 3.63) is 54.9 Å². The molecule has 2 amide bonds. The van der Waals surface area contributed by atoms with Gasteiger partial charge in [0.05, 0.1) is 11.0 Å². The minimum atomic E-state index is -0.551. The molecule has 3 N–H and O–H groups in total. The van der Waals surface area contributed by atoms with Gasteiger partial charge in [-0.1, -0.05) is 0 Å². The van der Waals surface area contributed by atoms with Crippen LogP contribution in [-0.4, -0.2) is 37.5 Å². The summed E-state index contributed by atoms with van der Waals surface area (Å²) in [5.41, 5.74) is 3.49. The molecule has 140 valence electrons. The molecule has 8 nitrogen and oxygen atoms in total. The van der Waals surface area contributed by atoms with E-state index in [1.54, 1.807) is 24.5 Å². The van der Waals surface area contributed by atoms with E-state index >= 15 is 0 Å². The van der Waals surface area contributed by atoms with E-state index in [0.717, 1.165) is 11.1 Å². The molecule has 0 spiro atoms. The van der Waals surface area contributed by atoms with Crippen molar-refractivity contribution in [1.82, 2.24) is 30.2 Å². The number of pyridine rings is 1. The normalized spacial score (nSPS) is 10.8. The third-order valence-corrected chi connectivity index (χ3v) is 4.03. The van der Waals surface area contributed by atoms with Gasteiger partial charge >= 0.3 is 6.03 Å². The number of urea groups is 1. The van der Waals surface area contributed by atoms with E-state index in [4.69, 9.17) is 0 Å². The first kappa shape index (κ1) is 17.5. The summed E-state index contributed by atoms with van der Waals surface area (Å²) in [7, 11) is 0. The van der Waals surface area contributed by atoms with Gasteiger partial charge in [0.1, 0.15) is 0 Å². The lowest BCUT2D eigenvalue weighted by Crippen LogP contribution is -2.28. The number of hydrogen-bond donors (Lipinski definition) is 3. The highest BCUT2D eigenvalue weighted by Crippen LogP contribution is 2.32. The maximum atomic E-state index is 13.2. The van der Waals surface area contributed by atoms with Crippen molar-refractivity contribution in [2.75, 3.05) is 11.9 Å². The average Bonchev–Trinajstić information content (AvgIpc) is 3.10. The lowest BCUT2D eigenvalue weighted by molar-refractivity contribution is 0.252. The molecule has 0 aliphatic rings. The van der Waals surface area contributed by atoms with Crippen molar-refractivity contribution in [2.24, 2.45) is 0 Å². The third kappa shape index (κ3) is 3.50. The molecule has 28 heavy (non-hydrogen) atoms. The Balaban J connectivity index is 1.86. The maximum absolute atomic E-state index is 13.2. The number of benzene rings is 1. The largest absolute Gasteiger partial charge is 0.338 e. The van der Waals surface area contributed by atoms with Crippen LogP contribution >= 0.6 is 0 Å². The second-order valence-electron chi connectivity index (χ2n) is 5.93. The summed E-state index contributed by atoms with van der Waals surface area (Å²) >= 11 is 0. The summed E-state index contributed by atoms with van der Waals surface area (Å²) in [4.78, 5) is 31.7. The van der Waals surface area contributed by atoms with Crippen LogP contribution in [0.5, 0.6) is 0 Å². The van der Waals surface area contributed by atoms with Crippen molar-refractivity contribution in [3.63, 3.8) is 0 Å². The molecule has 0 unspecified atom stereocenters. The van der Waals surface area contributed by atoms with Gasteiger partial charge in [-0.2, -0.15) is 4.39 Å². The zero-order valence-electron chi connectivity index (χ0n) is 14.9. The predicted octanol–water partition coefficient (Wildman–Crippen LogP) is 3.36. The van der Waals surface area contributed by atoms with Crippen molar-refractivity contribution in [1.29, 1.82) is 0 Å². The molecule has 0 saturated carbocycles. The topological polar surface area (TPSA) is 108 Å². The lowest BCUT2D eigenvalue weighted by atomic mass is 10.0. The second-order valence-corrected chi connectivity index (χ2v) is 5.93. The number of carbonyl (C=O) groups excluding carboxylic acids is 1. The number of rotatable bonds is 4. The fourth-order valence-corrected chi connectivity index (χ4v) is 2.81. The summed E-state index contributed by atoms with van der Waals surface area (Å²) in [6.07, 6.45) is 4.74. The quantitative estimate of drug-likeness (QED) is 0.473. The molecule has 0 saturated heterocycles. The van der Waals surface area contributed by atoms with Crippen molar-refractivity contribution in [2.45, 2.75) is 6.92 Å². The Bertz CT molecular complexity index is 1130. The fraction of sp³-hybridized carbons (Fsp3) is 0.105. The first-order valence-electron chi connectivity index (χ1n) is 8.62. The molecule has 0 bridgehead atoms. The molecule has 3 heterocycles. The first-order valence-corrected chi connectivity index (χ1v) is 8.62. The summed E-state index contributed by atoms with van der Waals surface area (Å²) in [5, 5.41) is 5.31. The van der Waals surface area contributed by atoms with E-state index in [2.05, 4.69) is 35.6 Å². The van der Waals surface area contributed by atoms with Gasteiger partial charge in [-0.05, 0) is 42.8 Å². The number of amides is 2. The van der Waals surface area contributed by atoms with Crippen LogP contribution in [0, 0.1) is 5.95 Å². The van der Waals surface area contributed by atoms with E-state index < -0.39 is 5.95 Å². The van der Waals surface area contributed by atoms with Gasteiger partial charge in [0.25, 0.3) is 0 Å². The van der Waals surface area contributed by atoms with Crippen molar-refractivity contribution < 1.29 is 9.18 Å². The standard InChI is InChI=1S/C19H16FN7O/c1-2-21-19(28)27-18-25-14-9-12(11-4-5-15(20)24-10-11)8-13(16(14)26-18)17-22-6-3-7-23-17/h3-10H,2H2,1H3,(H3,21,25,26,27,28). The monoisotopic (exact) mass is 377 g/mol. The molecule has 0 aliphatic heterocycles. The smallest absolute Gasteiger partial charge is 0.321 e. The summed E-state index contributed by atoms with van der Waals surface area (Å²) < 4.78 is 13.2. The average molecular weight is 377 g/mol. The van der Waals surface area contributed by atoms with Crippen LogP contribution in [0.3, 0.4) is 0 Å². The number of fused-ring (bicyclic) bond motifs is 1. The fourth-order valence-electron chi connectivity index (χ4n) is 2.81. The molecular formula is C19H16FN7O. The Morgan fingerprint density at radius 1 is 1.14 bits per heavy atom. The molecule has 0 radical (unpaired) electrons. The number of aromatic amines is 1. The summed E-state index contributed by atoms with van der Waals surface area (Å²) in [6, 6.07) is 8.01. The van der Waals surface area contributed by atoms with Crippen LogP contribution in [0.4, 0.5) is 15.1 Å². The van der Waals surface area contributed by atoms with Crippen LogP contribution in [0.1, 0.15) is 6.92 Å². The van der Waals surface area contributed by atoms with Gasteiger partial charge < -0.3 is 10.3 Å². The molecule has 4 aromatic rings. The van der Waals surface area contributed by atoms with Crippen LogP contribution in [-0.2, 0) is 0 Å². The number of carbonyl (C=O) groups is 1. The first-order chi connectivity index (χ1) is 13.6. The van der Waals surface area contributed by atoms with Crippen molar-refractivity contribution in [3.8, 4) is 22.5 Å². The van der Waals surface area contributed by atoms with E-state index in [9.17, 15) is 9.18 Å². The summed E-state index contributed by atoms with van der Waals surface area (Å²) in [6.45, 7) is 2.32. The van der Waals surface area contributed by atoms with Crippen LogP contribution in [0.2, 0.25) is 0 Å². The Kier molecular flexibility index (Phi) is 4.63. The van der Waals surface area contributed by atoms with E-state index in [-0.39, 0.29) is 6.03 Å². The van der Waals surface area contributed by atoms with Gasteiger partial charge in [0, 0.05) is 36.3 Å². The van der Waals surface area contributed by atoms with Crippen LogP contribution < -0.4 is 10.6 Å². The molecular weight excluding hydrogens is 361 g/mol. The molecule has 3 aromatic heterocycles. The number of anilines is 1. The Hall–Kier alpha value is -3.88. The predicted molar refractivity (Wildman–Crippen MR) is 103 cm³/mol. The SMILES string of the molecule is CCNC(=O)Nc1nc2cc(-c3ccc(F)nc3)cc(-c3ncccn3)c2[nH]1.